The molecule has 2 fully saturated rings. The number of anilines is 1. The summed E-state index contributed by atoms with van der Waals surface area (Å²) in [4.78, 5) is 16.9. The highest BCUT2D eigenvalue weighted by Crippen LogP contribution is 2.23. The number of hydrogen-bond donors (Lipinski definition) is 1. The number of halogens is 1. The molecular weight excluding hydrogens is 527 g/mol. The summed E-state index contributed by atoms with van der Waals surface area (Å²) in [6, 6.07) is 15.3. The van der Waals surface area contributed by atoms with Crippen LogP contribution in [0.1, 0.15) is 24.1 Å². The summed E-state index contributed by atoms with van der Waals surface area (Å²) < 4.78 is 5.60. The van der Waals surface area contributed by atoms with E-state index in [1.165, 1.54) is 11.1 Å². The molecule has 0 bridgehead atoms. The molecule has 0 saturated carbocycles. The maximum Gasteiger partial charge on any atom is 0.194 e. The van der Waals surface area contributed by atoms with E-state index in [9.17, 15) is 0 Å². The summed E-state index contributed by atoms with van der Waals surface area (Å²) >= 11 is 0. The predicted octanol–water partition coefficient (Wildman–Crippen LogP) is 3.17. The monoisotopic (exact) mass is 564 g/mol. The van der Waals surface area contributed by atoms with Crippen LogP contribution in [0.2, 0.25) is 0 Å². The smallest absolute Gasteiger partial charge is 0.194 e. The van der Waals surface area contributed by atoms with Gasteiger partial charge in [0.25, 0.3) is 0 Å². The fourth-order valence-corrected chi connectivity index (χ4v) is 4.40. The zero-order valence-electron chi connectivity index (χ0n) is 19.8. The molecule has 1 aromatic carbocycles. The lowest BCUT2D eigenvalue weighted by molar-refractivity contribution is 0.0179. The summed E-state index contributed by atoms with van der Waals surface area (Å²) in [6.07, 6.45) is 1.87. The molecule has 1 unspecified atom stereocenters. The largest absolute Gasteiger partial charge is 0.379 e. The highest BCUT2D eigenvalue weighted by molar-refractivity contribution is 14.0. The molecule has 1 atom stereocenters. The van der Waals surface area contributed by atoms with Gasteiger partial charge in [0.2, 0.25) is 0 Å². The van der Waals surface area contributed by atoms with E-state index >= 15 is 0 Å². The Hall–Kier alpha value is -1.91. The lowest BCUT2D eigenvalue weighted by Crippen LogP contribution is -2.53. The number of pyridine rings is 1. The van der Waals surface area contributed by atoms with Crippen LogP contribution in [0.5, 0.6) is 0 Å². The third-order valence-electron chi connectivity index (χ3n) is 6.25. The maximum atomic E-state index is 5.60. The van der Waals surface area contributed by atoms with E-state index in [4.69, 9.17) is 9.73 Å². The summed E-state index contributed by atoms with van der Waals surface area (Å²) in [6.45, 7) is 13.2. The van der Waals surface area contributed by atoms with Crippen LogP contribution in [-0.2, 0) is 4.74 Å². The number of guanidine groups is 1. The first-order valence-corrected chi connectivity index (χ1v) is 11.8. The van der Waals surface area contributed by atoms with Gasteiger partial charge in [-0.2, -0.15) is 0 Å². The number of aliphatic imine (C=N–C) groups is 1. The quantitative estimate of drug-likeness (QED) is 0.331. The Labute approximate surface area is 215 Å². The number of rotatable bonds is 6. The second-order valence-electron chi connectivity index (χ2n) is 8.43. The molecule has 3 heterocycles. The highest BCUT2D eigenvalue weighted by Gasteiger charge is 2.24. The van der Waals surface area contributed by atoms with Crippen molar-refractivity contribution >= 4 is 35.8 Å². The Morgan fingerprint density at radius 3 is 2.39 bits per heavy atom. The summed E-state index contributed by atoms with van der Waals surface area (Å²) in [7, 11) is 0. The number of morpholine rings is 1. The standard InChI is InChI=1S/C25H36N6O.HI/c1-3-26-25(31-14-12-30(13-15-31)24-6-4-5-11-27-24)28-20-23(29-16-18-32-19-17-29)22-9-7-21(2)8-10-22;/h4-11,23H,3,12-20H2,1-2H3,(H,26,28);1H. The van der Waals surface area contributed by atoms with Crippen LogP contribution in [0, 0.1) is 6.92 Å². The lowest BCUT2D eigenvalue weighted by Gasteiger charge is -2.38. The van der Waals surface area contributed by atoms with E-state index in [-0.39, 0.29) is 30.0 Å². The highest BCUT2D eigenvalue weighted by atomic mass is 127. The molecule has 2 aliphatic rings. The Bertz CT molecular complexity index is 849. The molecule has 0 aliphatic carbocycles. The molecule has 0 spiro atoms. The van der Waals surface area contributed by atoms with E-state index in [2.05, 4.69) is 75.2 Å². The van der Waals surface area contributed by atoms with Crippen molar-refractivity contribution in [3.63, 3.8) is 0 Å². The van der Waals surface area contributed by atoms with Crippen LogP contribution in [0.25, 0.3) is 0 Å². The lowest BCUT2D eigenvalue weighted by atomic mass is 10.0. The van der Waals surface area contributed by atoms with Gasteiger partial charge in [0.15, 0.2) is 5.96 Å². The van der Waals surface area contributed by atoms with Crippen LogP contribution in [0.3, 0.4) is 0 Å². The molecule has 1 N–H and O–H groups in total. The Morgan fingerprint density at radius 2 is 1.76 bits per heavy atom. The first kappa shape index (κ1) is 25.7. The van der Waals surface area contributed by atoms with E-state index < -0.39 is 0 Å². The van der Waals surface area contributed by atoms with Crippen LogP contribution >= 0.6 is 24.0 Å². The second-order valence-corrected chi connectivity index (χ2v) is 8.43. The first-order valence-electron chi connectivity index (χ1n) is 11.8. The van der Waals surface area contributed by atoms with Crippen LogP contribution < -0.4 is 10.2 Å². The summed E-state index contributed by atoms with van der Waals surface area (Å²) in [5.74, 6) is 2.07. The summed E-state index contributed by atoms with van der Waals surface area (Å²) in [5, 5.41) is 3.52. The average Bonchev–Trinajstić information content (AvgIpc) is 2.86. The van der Waals surface area contributed by atoms with Gasteiger partial charge < -0.3 is 19.9 Å². The van der Waals surface area contributed by atoms with E-state index in [1.54, 1.807) is 0 Å². The number of aromatic nitrogens is 1. The molecule has 2 saturated heterocycles. The molecule has 8 heteroatoms. The predicted molar refractivity (Wildman–Crippen MR) is 146 cm³/mol. The number of nitrogens with zero attached hydrogens (tertiary/aromatic N) is 5. The van der Waals surface area contributed by atoms with Gasteiger partial charge in [-0.25, -0.2) is 4.98 Å². The second kappa shape index (κ2) is 13.1. The van der Waals surface area contributed by atoms with Gasteiger partial charge in [0, 0.05) is 52.0 Å². The number of benzene rings is 1. The van der Waals surface area contributed by atoms with E-state index in [0.29, 0.717) is 0 Å². The Balaban J connectivity index is 0.00000306. The minimum absolute atomic E-state index is 0. The van der Waals surface area contributed by atoms with Crippen molar-refractivity contribution in [3.8, 4) is 0 Å². The van der Waals surface area contributed by atoms with Crippen molar-refractivity contribution in [2.45, 2.75) is 19.9 Å². The van der Waals surface area contributed by atoms with Crippen molar-refractivity contribution in [1.82, 2.24) is 20.1 Å². The van der Waals surface area contributed by atoms with Gasteiger partial charge in [0.05, 0.1) is 25.8 Å². The fraction of sp³-hybridized carbons (Fsp3) is 0.520. The molecule has 2 aromatic rings. The molecular formula is C25H37IN6O. The van der Waals surface area contributed by atoms with Gasteiger partial charge in [-0.05, 0) is 31.5 Å². The van der Waals surface area contributed by atoms with E-state index in [1.807, 2.05) is 12.3 Å². The van der Waals surface area contributed by atoms with Gasteiger partial charge >= 0.3 is 0 Å². The molecule has 33 heavy (non-hydrogen) atoms. The number of hydrogen-bond acceptors (Lipinski definition) is 5. The topological polar surface area (TPSA) is 56.2 Å². The number of ether oxygens (including phenoxy) is 1. The SMILES string of the molecule is CCNC(=NCC(c1ccc(C)cc1)N1CCOCC1)N1CCN(c2ccccn2)CC1.I. The maximum absolute atomic E-state index is 5.60. The van der Waals surface area contributed by atoms with Gasteiger partial charge in [-0.3, -0.25) is 9.89 Å². The zero-order valence-corrected chi connectivity index (χ0v) is 22.2. The Kier molecular flexibility index (Phi) is 10.2. The minimum atomic E-state index is 0. The van der Waals surface area contributed by atoms with Gasteiger partial charge in [-0.1, -0.05) is 35.9 Å². The number of nitrogens with one attached hydrogen (secondary N) is 1. The van der Waals surface area contributed by atoms with Crippen LogP contribution in [-0.4, -0.2) is 86.3 Å². The molecule has 180 valence electrons. The Morgan fingerprint density at radius 1 is 1.03 bits per heavy atom. The van der Waals surface area contributed by atoms with Crippen molar-refractivity contribution in [2.24, 2.45) is 4.99 Å². The fourth-order valence-electron chi connectivity index (χ4n) is 4.40. The molecule has 4 rings (SSSR count). The van der Waals surface area contributed by atoms with Gasteiger partial charge in [0.1, 0.15) is 5.82 Å². The van der Waals surface area contributed by atoms with E-state index in [0.717, 1.165) is 77.3 Å². The third kappa shape index (κ3) is 7.04. The van der Waals surface area contributed by atoms with Crippen LogP contribution in [0.4, 0.5) is 5.82 Å². The molecule has 0 amide bonds. The van der Waals surface area contributed by atoms with Gasteiger partial charge in [-0.15, -0.1) is 24.0 Å². The van der Waals surface area contributed by atoms with Crippen molar-refractivity contribution < 1.29 is 4.74 Å². The third-order valence-corrected chi connectivity index (χ3v) is 6.25. The number of aryl methyl sites for hydroxylation is 1. The molecule has 2 aliphatic heterocycles. The minimum Gasteiger partial charge on any atom is -0.379 e. The van der Waals surface area contributed by atoms with Crippen LogP contribution in [0.15, 0.2) is 53.7 Å². The van der Waals surface area contributed by atoms with Crippen molar-refractivity contribution in [2.75, 3.05) is 70.5 Å². The molecule has 7 nitrogen and oxygen atoms in total. The normalized spacial score (nSPS) is 18.5. The number of piperazine rings is 1. The van der Waals surface area contributed by atoms with Crippen molar-refractivity contribution in [1.29, 1.82) is 0 Å². The molecule has 1 aromatic heterocycles. The zero-order chi connectivity index (χ0) is 22.2. The first-order chi connectivity index (χ1) is 15.7. The summed E-state index contributed by atoms with van der Waals surface area (Å²) in [5.41, 5.74) is 2.62. The average molecular weight is 565 g/mol. The van der Waals surface area contributed by atoms with Crippen molar-refractivity contribution in [3.05, 3.63) is 59.8 Å². The molecule has 0 radical (unpaired) electrons.